The lowest BCUT2D eigenvalue weighted by Gasteiger charge is -2.34. The van der Waals surface area contributed by atoms with E-state index in [9.17, 15) is 14.4 Å². The number of halogens is 1. The van der Waals surface area contributed by atoms with Gasteiger partial charge in [0.05, 0.1) is 6.61 Å². The topological polar surface area (TPSA) is 79.0 Å². The molecule has 1 saturated heterocycles. The van der Waals surface area contributed by atoms with Crippen LogP contribution in [0, 0.1) is 0 Å². The Morgan fingerprint density at radius 3 is 2.25 bits per heavy atom. The van der Waals surface area contributed by atoms with Crippen LogP contribution >= 0.6 is 15.9 Å². The molecule has 130 valence electrons. The van der Waals surface area contributed by atoms with Crippen LogP contribution in [0.2, 0.25) is 0 Å². The standard InChI is InChI=1S/C16H20BrN3O4/c1-2-24-16(23)20-9-7-19(8-10-20)15(22)11-14(21)18-13-5-3-12(17)4-6-13/h3-6H,2,7-11H2,1H3,(H,18,21). The monoisotopic (exact) mass is 397 g/mol. The first kappa shape index (κ1) is 18.3. The molecule has 0 spiro atoms. The van der Waals surface area contributed by atoms with E-state index in [1.807, 2.05) is 12.1 Å². The highest BCUT2D eigenvalue weighted by Gasteiger charge is 2.25. The molecule has 1 aromatic rings. The molecule has 1 aliphatic rings. The van der Waals surface area contributed by atoms with Gasteiger partial charge in [-0.2, -0.15) is 0 Å². The molecule has 1 fully saturated rings. The largest absolute Gasteiger partial charge is 0.450 e. The smallest absolute Gasteiger partial charge is 0.409 e. The van der Waals surface area contributed by atoms with Crippen molar-refractivity contribution in [3.05, 3.63) is 28.7 Å². The Morgan fingerprint density at radius 1 is 1.08 bits per heavy atom. The number of anilines is 1. The molecule has 3 amide bonds. The first-order valence-corrected chi connectivity index (χ1v) is 8.53. The summed E-state index contributed by atoms with van der Waals surface area (Å²) in [7, 11) is 0. The Balaban J connectivity index is 1.77. The molecular formula is C16H20BrN3O4. The molecule has 2 rings (SSSR count). The molecule has 8 heteroatoms. The van der Waals surface area contributed by atoms with Crippen LogP contribution in [-0.2, 0) is 14.3 Å². The van der Waals surface area contributed by atoms with Gasteiger partial charge in [-0.1, -0.05) is 15.9 Å². The molecule has 0 radical (unpaired) electrons. The highest BCUT2D eigenvalue weighted by Crippen LogP contribution is 2.14. The second-order valence-corrected chi connectivity index (χ2v) is 6.21. The number of rotatable bonds is 4. The van der Waals surface area contributed by atoms with Gasteiger partial charge in [0.15, 0.2) is 0 Å². The maximum atomic E-state index is 12.2. The van der Waals surface area contributed by atoms with E-state index >= 15 is 0 Å². The number of benzene rings is 1. The summed E-state index contributed by atoms with van der Waals surface area (Å²) in [6.07, 6.45) is -0.576. The van der Waals surface area contributed by atoms with Crippen molar-refractivity contribution in [3.8, 4) is 0 Å². The summed E-state index contributed by atoms with van der Waals surface area (Å²) in [6, 6.07) is 7.13. The summed E-state index contributed by atoms with van der Waals surface area (Å²) >= 11 is 3.32. The highest BCUT2D eigenvalue weighted by atomic mass is 79.9. The molecule has 0 atom stereocenters. The summed E-state index contributed by atoms with van der Waals surface area (Å²) < 4.78 is 5.85. The van der Waals surface area contributed by atoms with E-state index in [-0.39, 0.29) is 24.3 Å². The number of nitrogens with zero attached hydrogens (tertiary/aromatic N) is 2. The van der Waals surface area contributed by atoms with Crippen LogP contribution in [0.3, 0.4) is 0 Å². The number of ether oxygens (including phenoxy) is 1. The maximum absolute atomic E-state index is 12.2. The van der Waals surface area contributed by atoms with Crippen LogP contribution < -0.4 is 5.32 Å². The second kappa shape index (κ2) is 8.68. The van der Waals surface area contributed by atoms with Gasteiger partial charge in [-0.3, -0.25) is 9.59 Å². The number of carbonyl (C=O) groups is 3. The zero-order valence-corrected chi connectivity index (χ0v) is 15.0. The van der Waals surface area contributed by atoms with Crippen molar-refractivity contribution in [1.82, 2.24) is 9.80 Å². The second-order valence-electron chi connectivity index (χ2n) is 5.30. The van der Waals surface area contributed by atoms with E-state index < -0.39 is 0 Å². The van der Waals surface area contributed by atoms with E-state index in [2.05, 4.69) is 21.2 Å². The molecule has 0 bridgehead atoms. The van der Waals surface area contributed by atoms with Gasteiger partial charge in [0.1, 0.15) is 6.42 Å². The summed E-state index contributed by atoms with van der Waals surface area (Å²) in [6.45, 7) is 3.72. The molecule has 0 unspecified atom stereocenters. The quantitative estimate of drug-likeness (QED) is 0.788. The summed E-state index contributed by atoms with van der Waals surface area (Å²) in [5, 5.41) is 2.69. The third-order valence-electron chi connectivity index (χ3n) is 3.60. The number of amides is 3. The van der Waals surface area contributed by atoms with E-state index in [1.165, 1.54) is 0 Å². The zero-order chi connectivity index (χ0) is 17.5. The maximum Gasteiger partial charge on any atom is 0.409 e. The third-order valence-corrected chi connectivity index (χ3v) is 4.13. The van der Waals surface area contributed by atoms with E-state index in [4.69, 9.17) is 4.74 Å². The van der Waals surface area contributed by atoms with Crippen LogP contribution in [0.5, 0.6) is 0 Å². The predicted molar refractivity (Wildman–Crippen MR) is 92.6 cm³/mol. The van der Waals surface area contributed by atoms with Gasteiger partial charge in [0.25, 0.3) is 0 Å². The van der Waals surface area contributed by atoms with Gasteiger partial charge in [-0.25, -0.2) is 4.79 Å². The van der Waals surface area contributed by atoms with Gasteiger partial charge in [-0.15, -0.1) is 0 Å². The fourth-order valence-electron chi connectivity index (χ4n) is 2.34. The molecule has 1 aromatic carbocycles. The molecule has 1 heterocycles. The van der Waals surface area contributed by atoms with Crippen LogP contribution in [0.4, 0.5) is 10.5 Å². The van der Waals surface area contributed by atoms with Crippen molar-refractivity contribution in [2.24, 2.45) is 0 Å². The minimum absolute atomic E-state index is 0.213. The SMILES string of the molecule is CCOC(=O)N1CCN(C(=O)CC(=O)Nc2ccc(Br)cc2)CC1. The van der Waals surface area contributed by atoms with Crippen LogP contribution in [-0.4, -0.2) is 60.5 Å². The van der Waals surface area contributed by atoms with E-state index in [0.29, 0.717) is 38.5 Å². The molecule has 1 N–H and O–H groups in total. The van der Waals surface area contributed by atoms with Gasteiger partial charge < -0.3 is 19.9 Å². The lowest BCUT2D eigenvalue weighted by atomic mass is 10.2. The average molecular weight is 398 g/mol. The molecule has 1 aliphatic heterocycles. The van der Waals surface area contributed by atoms with Crippen molar-refractivity contribution >= 4 is 39.5 Å². The Morgan fingerprint density at radius 2 is 1.67 bits per heavy atom. The normalized spacial score (nSPS) is 14.2. The van der Waals surface area contributed by atoms with Crippen molar-refractivity contribution in [2.75, 3.05) is 38.1 Å². The van der Waals surface area contributed by atoms with E-state index in [1.54, 1.807) is 28.9 Å². The van der Waals surface area contributed by atoms with Crippen LogP contribution in [0.1, 0.15) is 13.3 Å². The lowest BCUT2D eigenvalue weighted by molar-refractivity contribution is -0.135. The van der Waals surface area contributed by atoms with Crippen LogP contribution in [0.25, 0.3) is 0 Å². The molecule has 24 heavy (non-hydrogen) atoms. The van der Waals surface area contributed by atoms with Gasteiger partial charge >= 0.3 is 6.09 Å². The minimum atomic E-state index is -0.363. The van der Waals surface area contributed by atoms with Crippen molar-refractivity contribution in [1.29, 1.82) is 0 Å². The van der Waals surface area contributed by atoms with Gasteiger partial charge in [0.2, 0.25) is 11.8 Å². The molecule has 0 aliphatic carbocycles. The number of hydrogen-bond donors (Lipinski definition) is 1. The Hall–Kier alpha value is -2.09. The Bertz CT molecular complexity index is 598. The third kappa shape index (κ3) is 5.23. The average Bonchev–Trinajstić information content (AvgIpc) is 2.57. The fourth-order valence-corrected chi connectivity index (χ4v) is 2.61. The van der Waals surface area contributed by atoms with Crippen LogP contribution in [0.15, 0.2) is 28.7 Å². The Labute approximate surface area is 149 Å². The number of hydrogen-bond acceptors (Lipinski definition) is 4. The number of piperazine rings is 1. The molecule has 7 nitrogen and oxygen atoms in total. The van der Waals surface area contributed by atoms with Crippen molar-refractivity contribution < 1.29 is 19.1 Å². The molecule has 0 aromatic heterocycles. The first-order chi connectivity index (χ1) is 11.5. The summed E-state index contributed by atoms with van der Waals surface area (Å²) in [5.41, 5.74) is 0.642. The highest BCUT2D eigenvalue weighted by molar-refractivity contribution is 9.10. The Kier molecular flexibility index (Phi) is 6.60. The lowest BCUT2D eigenvalue weighted by Crippen LogP contribution is -2.51. The number of nitrogens with one attached hydrogen (secondary N) is 1. The van der Waals surface area contributed by atoms with E-state index in [0.717, 1.165) is 4.47 Å². The van der Waals surface area contributed by atoms with Gasteiger partial charge in [0, 0.05) is 36.3 Å². The fraction of sp³-hybridized carbons (Fsp3) is 0.438. The first-order valence-electron chi connectivity index (χ1n) is 7.74. The molecular weight excluding hydrogens is 378 g/mol. The molecule has 0 saturated carbocycles. The predicted octanol–water partition coefficient (Wildman–Crippen LogP) is 2.08. The summed E-state index contributed by atoms with van der Waals surface area (Å²) in [5.74, 6) is -0.594. The zero-order valence-electron chi connectivity index (χ0n) is 13.5. The summed E-state index contributed by atoms with van der Waals surface area (Å²) in [4.78, 5) is 38.9. The number of carbonyl (C=O) groups excluding carboxylic acids is 3. The minimum Gasteiger partial charge on any atom is -0.450 e. The van der Waals surface area contributed by atoms with Crippen molar-refractivity contribution in [3.63, 3.8) is 0 Å². The van der Waals surface area contributed by atoms with Gasteiger partial charge in [-0.05, 0) is 31.2 Å². The van der Waals surface area contributed by atoms with Crippen molar-refractivity contribution in [2.45, 2.75) is 13.3 Å².